The van der Waals surface area contributed by atoms with E-state index < -0.39 is 40.9 Å². The van der Waals surface area contributed by atoms with Gasteiger partial charge in [-0.05, 0) is 66.8 Å². The van der Waals surface area contributed by atoms with Crippen molar-refractivity contribution in [3.63, 3.8) is 0 Å². The van der Waals surface area contributed by atoms with Crippen molar-refractivity contribution < 1.29 is 37.0 Å². The fraction of sp³-hybridized carbons (Fsp3) is 0.333. The molecule has 5 rings (SSSR count). The average Bonchev–Trinajstić information content (AvgIpc) is 3.34. The van der Waals surface area contributed by atoms with Crippen LogP contribution in [-0.2, 0) is 16.1 Å². The number of carbonyl (C=O) groups excluding carboxylic acids is 3. The molecule has 1 aliphatic heterocycles. The summed E-state index contributed by atoms with van der Waals surface area (Å²) in [7, 11) is 0. The van der Waals surface area contributed by atoms with E-state index in [1.165, 1.54) is 25.3 Å². The third-order valence-electron chi connectivity index (χ3n) is 7.44. The number of aromatic nitrogens is 1. The number of ether oxygens (including phenoxy) is 2. The second-order valence-electron chi connectivity index (χ2n) is 10.5. The number of halogens is 3. The Kier molecular flexibility index (Phi) is 8.81. The molecule has 1 aromatic heterocycles. The van der Waals surface area contributed by atoms with Crippen molar-refractivity contribution in [2.24, 2.45) is 0 Å². The smallest absolute Gasteiger partial charge is 0.315 e. The van der Waals surface area contributed by atoms with E-state index in [0.717, 1.165) is 23.1 Å². The van der Waals surface area contributed by atoms with Gasteiger partial charge in [0.1, 0.15) is 11.3 Å². The first-order chi connectivity index (χ1) is 20.6. The second-order valence-corrected chi connectivity index (χ2v) is 10.5. The van der Waals surface area contributed by atoms with Gasteiger partial charge in [0.2, 0.25) is 0 Å². The van der Waals surface area contributed by atoms with Crippen molar-refractivity contribution in [2.75, 3.05) is 6.61 Å². The summed E-state index contributed by atoms with van der Waals surface area (Å²) in [6.45, 7) is 1.02. The minimum Gasteiger partial charge on any atom is -0.427 e. The number of nitrogens with one attached hydrogen (secondary N) is 3. The molecule has 2 aliphatic rings. The molecule has 4 atom stereocenters. The normalized spacial score (nSPS) is 20.0. The van der Waals surface area contributed by atoms with Gasteiger partial charge in [0.05, 0.1) is 37.4 Å². The lowest BCUT2D eigenvalue weighted by atomic mass is 9.89. The summed E-state index contributed by atoms with van der Waals surface area (Å²) >= 11 is 0. The maximum atomic E-state index is 13.7. The summed E-state index contributed by atoms with van der Waals surface area (Å²) in [6.07, 6.45) is 3.17. The number of pyridine rings is 1. The summed E-state index contributed by atoms with van der Waals surface area (Å²) in [5, 5.41) is 8.58. The van der Waals surface area contributed by atoms with Gasteiger partial charge >= 0.3 is 12.0 Å². The van der Waals surface area contributed by atoms with Gasteiger partial charge in [-0.3, -0.25) is 14.4 Å². The fourth-order valence-corrected chi connectivity index (χ4v) is 5.35. The molecule has 1 aliphatic carbocycles. The molecule has 1 saturated carbocycles. The van der Waals surface area contributed by atoms with Crippen molar-refractivity contribution in [2.45, 2.75) is 57.0 Å². The molecule has 2 aromatic carbocycles. The number of benzene rings is 2. The third-order valence-corrected chi connectivity index (χ3v) is 7.44. The fourth-order valence-electron chi connectivity index (χ4n) is 5.35. The van der Waals surface area contributed by atoms with Crippen LogP contribution in [0.5, 0.6) is 5.75 Å². The zero-order valence-electron chi connectivity index (χ0n) is 23.1. The van der Waals surface area contributed by atoms with Gasteiger partial charge in [-0.1, -0.05) is 12.1 Å². The highest BCUT2D eigenvalue weighted by Crippen LogP contribution is 2.26. The van der Waals surface area contributed by atoms with Crippen LogP contribution in [0.1, 0.15) is 53.7 Å². The van der Waals surface area contributed by atoms with Crippen LogP contribution in [0.4, 0.5) is 18.0 Å². The van der Waals surface area contributed by atoms with E-state index in [0.29, 0.717) is 24.2 Å². The van der Waals surface area contributed by atoms with E-state index in [1.54, 1.807) is 24.3 Å². The van der Waals surface area contributed by atoms with E-state index in [1.807, 2.05) is 0 Å². The average molecular weight is 599 g/mol. The van der Waals surface area contributed by atoms with Crippen LogP contribution in [0.25, 0.3) is 0 Å². The lowest BCUT2D eigenvalue weighted by Crippen LogP contribution is -2.43. The number of rotatable bonds is 9. The van der Waals surface area contributed by atoms with Crippen LogP contribution in [-0.4, -0.2) is 47.3 Å². The van der Waals surface area contributed by atoms with E-state index in [9.17, 15) is 32.3 Å². The number of nitrogens with zero attached hydrogens (tertiary/aromatic N) is 1. The number of urea groups is 1. The molecule has 4 unspecified atom stereocenters. The number of fused-ring (bicyclic) bond motifs is 1. The largest absolute Gasteiger partial charge is 0.427 e. The number of esters is 1. The van der Waals surface area contributed by atoms with Gasteiger partial charge in [-0.2, -0.15) is 0 Å². The molecule has 226 valence electrons. The molecule has 13 heteroatoms. The second kappa shape index (κ2) is 12.7. The molecule has 43 heavy (non-hydrogen) atoms. The highest BCUT2D eigenvalue weighted by atomic mass is 19.2. The minimum atomic E-state index is -1.61. The number of carbonyl (C=O) groups is 3. The maximum Gasteiger partial charge on any atom is 0.315 e. The zero-order valence-corrected chi connectivity index (χ0v) is 23.1. The first-order valence-electron chi connectivity index (χ1n) is 13.7. The van der Waals surface area contributed by atoms with Crippen molar-refractivity contribution in [3.05, 3.63) is 99.2 Å². The Bertz CT molecular complexity index is 1570. The number of hydrogen-bond acceptors (Lipinski definition) is 6. The summed E-state index contributed by atoms with van der Waals surface area (Å²) in [4.78, 5) is 49.6. The Balaban J connectivity index is 1.33. The van der Waals surface area contributed by atoms with Gasteiger partial charge in [0.15, 0.2) is 17.5 Å². The molecule has 3 aromatic rings. The summed E-state index contributed by atoms with van der Waals surface area (Å²) < 4.78 is 53.1. The third kappa shape index (κ3) is 7.05. The van der Waals surface area contributed by atoms with Gasteiger partial charge in [0, 0.05) is 13.1 Å². The van der Waals surface area contributed by atoms with Crippen LogP contribution >= 0.6 is 0 Å². The highest BCUT2D eigenvalue weighted by Gasteiger charge is 2.37. The molecule has 0 spiro atoms. The van der Waals surface area contributed by atoms with Crippen molar-refractivity contribution in [1.82, 2.24) is 20.5 Å². The first kappa shape index (κ1) is 29.8. The lowest BCUT2D eigenvalue weighted by molar-refractivity contribution is -0.131. The maximum absolute atomic E-state index is 13.7. The lowest BCUT2D eigenvalue weighted by Gasteiger charge is -2.31. The van der Waals surface area contributed by atoms with E-state index >= 15 is 0 Å². The van der Waals surface area contributed by atoms with E-state index in [4.69, 9.17) is 9.47 Å². The molecule has 0 radical (unpaired) electrons. The standard InChI is InChI=1S/C30H29F3N4O6/c1-16(38)43-19-6-4-18(5-7-19)26(15-42-20-8-9-24-25(13-20)36-30(41)35-24)34-28(39)21-3-2-10-37(29(21)40)14-17-11-22(31)27(33)23(32)12-17/h2-7,10-12,20,24-26H,8-9,13-15H2,1H3,(H,34,39)(H2,35,36,41). The molecule has 2 fully saturated rings. The Hall–Kier alpha value is -4.65. The summed E-state index contributed by atoms with van der Waals surface area (Å²) in [5.74, 6) is -5.29. The van der Waals surface area contributed by atoms with Crippen LogP contribution < -0.4 is 26.2 Å². The molecular weight excluding hydrogens is 569 g/mol. The first-order valence-corrected chi connectivity index (χ1v) is 13.7. The Morgan fingerprint density at radius 3 is 2.42 bits per heavy atom. The molecule has 3 N–H and O–H groups in total. The van der Waals surface area contributed by atoms with Crippen LogP contribution in [0.2, 0.25) is 0 Å². The van der Waals surface area contributed by atoms with Crippen LogP contribution in [0, 0.1) is 17.5 Å². The number of hydrogen-bond donors (Lipinski definition) is 3. The van der Waals surface area contributed by atoms with Crippen molar-refractivity contribution >= 4 is 17.9 Å². The summed E-state index contributed by atoms with van der Waals surface area (Å²) in [5.41, 5.74) is -0.342. The Morgan fingerprint density at radius 1 is 1.02 bits per heavy atom. The zero-order chi connectivity index (χ0) is 30.7. The van der Waals surface area contributed by atoms with Gasteiger partial charge < -0.3 is 30.0 Å². The minimum absolute atomic E-state index is 0.00132. The van der Waals surface area contributed by atoms with E-state index in [-0.39, 0.29) is 48.5 Å². The molecule has 2 heterocycles. The van der Waals surface area contributed by atoms with Gasteiger partial charge in [-0.25, -0.2) is 18.0 Å². The topological polar surface area (TPSA) is 128 Å². The van der Waals surface area contributed by atoms with Crippen LogP contribution in [0.15, 0.2) is 59.5 Å². The van der Waals surface area contributed by atoms with E-state index in [2.05, 4.69) is 16.0 Å². The molecule has 3 amide bonds. The quantitative estimate of drug-likeness (QED) is 0.197. The molecule has 10 nitrogen and oxygen atoms in total. The van der Waals surface area contributed by atoms with Crippen molar-refractivity contribution in [1.29, 1.82) is 0 Å². The van der Waals surface area contributed by atoms with Crippen LogP contribution in [0.3, 0.4) is 0 Å². The summed E-state index contributed by atoms with van der Waals surface area (Å²) in [6, 6.07) is 9.82. The SMILES string of the molecule is CC(=O)Oc1ccc(C(COC2CCC3NC(=O)NC3C2)NC(=O)c2cccn(Cc3cc(F)c(F)c(F)c3)c2=O)cc1. The predicted molar refractivity (Wildman–Crippen MR) is 147 cm³/mol. The number of amides is 3. The van der Waals surface area contributed by atoms with Crippen molar-refractivity contribution in [3.8, 4) is 5.75 Å². The van der Waals surface area contributed by atoms with Gasteiger partial charge in [-0.15, -0.1) is 0 Å². The Labute approximate surface area is 244 Å². The highest BCUT2D eigenvalue weighted by molar-refractivity contribution is 5.94. The predicted octanol–water partition coefficient (Wildman–Crippen LogP) is 3.33. The molecule has 0 bridgehead atoms. The molecule has 1 saturated heterocycles. The Morgan fingerprint density at radius 2 is 1.72 bits per heavy atom. The molecular formula is C30H29F3N4O6. The van der Waals surface area contributed by atoms with Gasteiger partial charge in [0.25, 0.3) is 11.5 Å². The monoisotopic (exact) mass is 598 g/mol.